The maximum atomic E-state index is 12.3. The summed E-state index contributed by atoms with van der Waals surface area (Å²) in [4.78, 5) is 25.1. The van der Waals surface area contributed by atoms with Crippen LogP contribution in [0, 0.1) is 0 Å². The Hall–Kier alpha value is -1.89. The molecule has 7 nitrogen and oxygen atoms in total. The van der Waals surface area contributed by atoms with Crippen LogP contribution in [0.2, 0.25) is 0 Å². The minimum Gasteiger partial charge on any atom is -0.368 e. The Balaban J connectivity index is 1.93. The number of nitrogens with two attached hydrogens (primary N) is 1. The first-order chi connectivity index (χ1) is 9.66. The number of amides is 2. The molecule has 1 aliphatic heterocycles. The van der Waals surface area contributed by atoms with Crippen molar-refractivity contribution >= 4 is 11.8 Å². The lowest BCUT2D eigenvalue weighted by molar-refractivity contribution is -0.138. The van der Waals surface area contributed by atoms with E-state index in [0.29, 0.717) is 13.0 Å². The summed E-state index contributed by atoms with van der Waals surface area (Å²) in [5, 5.41) is 7.31. The van der Waals surface area contributed by atoms with Crippen molar-refractivity contribution in [2.24, 2.45) is 5.73 Å². The summed E-state index contributed by atoms with van der Waals surface area (Å²) in [7, 11) is 0. The second-order valence-corrected chi connectivity index (χ2v) is 5.01. The summed E-state index contributed by atoms with van der Waals surface area (Å²) in [6.45, 7) is 2.19. The van der Waals surface area contributed by atoms with Gasteiger partial charge in [0.05, 0.1) is 6.54 Å². The minimum absolute atomic E-state index is 0.00964. The highest BCUT2D eigenvalue weighted by Crippen LogP contribution is 2.12. The Kier molecular flexibility index (Phi) is 5.11. The van der Waals surface area contributed by atoms with Crippen LogP contribution in [0.25, 0.3) is 0 Å². The molecule has 1 aromatic rings. The summed E-state index contributed by atoms with van der Waals surface area (Å²) in [5.41, 5.74) is 5.26. The van der Waals surface area contributed by atoms with Crippen molar-refractivity contribution in [2.75, 3.05) is 19.6 Å². The molecule has 1 unspecified atom stereocenters. The van der Waals surface area contributed by atoms with E-state index in [9.17, 15) is 9.59 Å². The molecule has 2 amide bonds. The highest BCUT2D eigenvalue weighted by Gasteiger charge is 2.26. The van der Waals surface area contributed by atoms with Crippen LogP contribution >= 0.6 is 0 Å². The highest BCUT2D eigenvalue weighted by atomic mass is 16.2. The third-order valence-corrected chi connectivity index (χ3v) is 3.47. The fourth-order valence-electron chi connectivity index (χ4n) is 2.47. The lowest BCUT2D eigenvalue weighted by atomic mass is 10.1. The number of nitrogens with zero attached hydrogens (tertiary/aromatic N) is 3. The van der Waals surface area contributed by atoms with Gasteiger partial charge in [0.25, 0.3) is 0 Å². The van der Waals surface area contributed by atoms with Crippen molar-refractivity contribution in [2.45, 2.75) is 31.8 Å². The van der Waals surface area contributed by atoms with E-state index in [0.717, 1.165) is 25.9 Å². The average molecular weight is 279 g/mol. The fourth-order valence-corrected chi connectivity index (χ4v) is 2.47. The fraction of sp³-hybridized carbons (Fsp3) is 0.615. The Morgan fingerprint density at radius 3 is 2.95 bits per heavy atom. The summed E-state index contributed by atoms with van der Waals surface area (Å²) in [6, 6.07) is 1.87. The average Bonchev–Trinajstić information content (AvgIpc) is 2.96. The zero-order chi connectivity index (χ0) is 14.4. The number of aromatic nitrogens is 2. The Labute approximate surface area is 118 Å². The topological polar surface area (TPSA) is 93.3 Å². The first kappa shape index (κ1) is 14.5. The third kappa shape index (κ3) is 4.06. The SMILES string of the molecule is NC(=O)CN(C(=O)CCn1cccn1)C1CCCNC1. The second-order valence-electron chi connectivity index (χ2n) is 5.01. The second kappa shape index (κ2) is 7.04. The Bertz CT molecular complexity index is 440. The highest BCUT2D eigenvalue weighted by molar-refractivity contribution is 5.84. The smallest absolute Gasteiger partial charge is 0.237 e. The third-order valence-electron chi connectivity index (χ3n) is 3.47. The van der Waals surface area contributed by atoms with Crippen molar-refractivity contribution in [1.29, 1.82) is 0 Å². The van der Waals surface area contributed by atoms with Gasteiger partial charge in [0.1, 0.15) is 0 Å². The molecule has 0 saturated carbocycles. The van der Waals surface area contributed by atoms with Crippen molar-refractivity contribution in [3.05, 3.63) is 18.5 Å². The van der Waals surface area contributed by atoms with E-state index in [4.69, 9.17) is 5.73 Å². The van der Waals surface area contributed by atoms with Crippen LogP contribution in [0.5, 0.6) is 0 Å². The maximum Gasteiger partial charge on any atom is 0.237 e. The molecule has 3 N–H and O–H groups in total. The molecule has 110 valence electrons. The molecular formula is C13H21N5O2. The van der Waals surface area contributed by atoms with Gasteiger partial charge >= 0.3 is 0 Å². The summed E-state index contributed by atoms with van der Waals surface area (Å²) < 4.78 is 1.71. The van der Waals surface area contributed by atoms with Crippen LogP contribution in [-0.2, 0) is 16.1 Å². The molecule has 1 aromatic heterocycles. The number of carbonyl (C=O) groups is 2. The molecule has 0 aliphatic carbocycles. The van der Waals surface area contributed by atoms with E-state index in [1.54, 1.807) is 15.8 Å². The zero-order valence-corrected chi connectivity index (χ0v) is 11.5. The van der Waals surface area contributed by atoms with Gasteiger partial charge in [-0.15, -0.1) is 0 Å². The number of nitrogens with one attached hydrogen (secondary N) is 1. The van der Waals surface area contributed by atoms with Gasteiger partial charge < -0.3 is 16.0 Å². The zero-order valence-electron chi connectivity index (χ0n) is 11.5. The molecule has 1 fully saturated rings. The molecule has 0 bridgehead atoms. The molecular weight excluding hydrogens is 258 g/mol. The monoisotopic (exact) mass is 279 g/mol. The molecule has 2 heterocycles. The first-order valence-corrected chi connectivity index (χ1v) is 6.92. The van der Waals surface area contributed by atoms with Crippen LogP contribution < -0.4 is 11.1 Å². The standard InChI is InChI=1S/C13H21N5O2/c14-12(19)10-18(11-3-1-5-15-9-11)13(20)4-8-17-7-2-6-16-17/h2,6-7,11,15H,1,3-5,8-10H2,(H2,14,19). The largest absolute Gasteiger partial charge is 0.368 e. The number of aryl methyl sites for hydroxylation is 1. The minimum atomic E-state index is -0.469. The number of piperidine rings is 1. The summed E-state index contributed by atoms with van der Waals surface area (Å²) in [5.74, 6) is -0.518. The molecule has 1 aliphatic rings. The van der Waals surface area contributed by atoms with E-state index in [1.807, 2.05) is 12.3 Å². The number of hydrogen-bond donors (Lipinski definition) is 2. The predicted molar refractivity (Wildman–Crippen MR) is 73.6 cm³/mol. The van der Waals surface area contributed by atoms with Gasteiger partial charge in [-0.2, -0.15) is 5.10 Å². The molecule has 0 radical (unpaired) electrons. The van der Waals surface area contributed by atoms with Crippen LogP contribution in [0.15, 0.2) is 18.5 Å². The van der Waals surface area contributed by atoms with E-state index >= 15 is 0 Å². The number of hydrogen-bond acceptors (Lipinski definition) is 4. The predicted octanol–water partition coefficient (Wildman–Crippen LogP) is -0.661. The van der Waals surface area contributed by atoms with Gasteiger partial charge in [0, 0.05) is 37.9 Å². The van der Waals surface area contributed by atoms with Crippen LogP contribution in [0.3, 0.4) is 0 Å². The van der Waals surface area contributed by atoms with Crippen molar-refractivity contribution in [3.63, 3.8) is 0 Å². The number of rotatable bonds is 6. The van der Waals surface area contributed by atoms with E-state index in [-0.39, 0.29) is 18.5 Å². The van der Waals surface area contributed by atoms with Gasteiger partial charge in [0.15, 0.2) is 0 Å². The quantitative estimate of drug-likeness (QED) is 0.723. The van der Waals surface area contributed by atoms with Crippen molar-refractivity contribution < 1.29 is 9.59 Å². The lowest BCUT2D eigenvalue weighted by Crippen LogP contribution is -2.51. The summed E-state index contributed by atoms with van der Waals surface area (Å²) >= 11 is 0. The normalized spacial score (nSPS) is 18.7. The molecule has 2 rings (SSSR count). The van der Waals surface area contributed by atoms with Crippen molar-refractivity contribution in [1.82, 2.24) is 20.0 Å². The van der Waals surface area contributed by atoms with Gasteiger partial charge in [0.2, 0.25) is 11.8 Å². The lowest BCUT2D eigenvalue weighted by Gasteiger charge is -2.34. The van der Waals surface area contributed by atoms with Gasteiger partial charge in [-0.25, -0.2) is 0 Å². The molecule has 0 aromatic carbocycles. The number of primary amides is 1. The van der Waals surface area contributed by atoms with Crippen LogP contribution in [-0.4, -0.2) is 52.2 Å². The van der Waals surface area contributed by atoms with Crippen LogP contribution in [0.4, 0.5) is 0 Å². The maximum absolute atomic E-state index is 12.3. The molecule has 20 heavy (non-hydrogen) atoms. The molecule has 0 spiro atoms. The van der Waals surface area contributed by atoms with Gasteiger partial charge in [-0.05, 0) is 25.5 Å². The first-order valence-electron chi connectivity index (χ1n) is 6.92. The molecule has 1 saturated heterocycles. The van der Waals surface area contributed by atoms with Crippen molar-refractivity contribution in [3.8, 4) is 0 Å². The van der Waals surface area contributed by atoms with Gasteiger partial charge in [-0.3, -0.25) is 14.3 Å². The van der Waals surface area contributed by atoms with E-state index < -0.39 is 5.91 Å². The Morgan fingerprint density at radius 1 is 1.50 bits per heavy atom. The molecule has 1 atom stereocenters. The van der Waals surface area contributed by atoms with E-state index in [2.05, 4.69) is 10.4 Å². The van der Waals surface area contributed by atoms with E-state index in [1.165, 1.54) is 0 Å². The molecule has 7 heteroatoms. The number of carbonyl (C=O) groups excluding carboxylic acids is 2. The van der Waals surface area contributed by atoms with Gasteiger partial charge in [-0.1, -0.05) is 0 Å². The Morgan fingerprint density at radius 2 is 2.35 bits per heavy atom. The summed E-state index contributed by atoms with van der Waals surface area (Å²) in [6.07, 6.45) is 5.73. The van der Waals surface area contributed by atoms with Crippen LogP contribution in [0.1, 0.15) is 19.3 Å².